The lowest BCUT2D eigenvalue weighted by molar-refractivity contribution is 0.0697. The Bertz CT molecular complexity index is 438. The lowest BCUT2D eigenvalue weighted by Crippen LogP contribution is -2.24. The Hall–Kier alpha value is -2.10. The molecule has 1 N–H and O–H groups in total. The highest BCUT2D eigenvalue weighted by Gasteiger charge is 2.13. The number of benzene rings is 1. The summed E-state index contributed by atoms with van der Waals surface area (Å²) in [7, 11) is 0. The summed E-state index contributed by atoms with van der Waals surface area (Å²) >= 11 is 0. The third-order valence-electron chi connectivity index (χ3n) is 2.14. The minimum Gasteiger partial charge on any atom is -0.478 e. The van der Waals surface area contributed by atoms with Gasteiger partial charge in [0, 0.05) is 12.7 Å². The molecule has 1 heterocycles. The highest BCUT2D eigenvalue weighted by Crippen LogP contribution is 2.20. The van der Waals surface area contributed by atoms with Crippen molar-refractivity contribution >= 4 is 18.0 Å². The van der Waals surface area contributed by atoms with Gasteiger partial charge >= 0.3 is 5.97 Å². The summed E-state index contributed by atoms with van der Waals surface area (Å²) in [5.41, 5.74) is 0.956. The fourth-order valence-corrected chi connectivity index (χ4v) is 1.45. The Balaban J connectivity index is 2.39. The van der Waals surface area contributed by atoms with Crippen molar-refractivity contribution in [2.75, 3.05) is 11.4 Å². The summed E-state index contributed by atoms with van der Waals surface area (Å²) in [6.07, 6.45) is 5.19. The molecule has 1 aromatic carbocycles. The van der Waals surface area contributed by atoms with E-state index in [2.05, 4.69) is 4.99 Å². The van der Waals surface area contributed by atoms with Gasteiger partial charge in [-0.1, -0.05) is 12.1 Å². The lowest BCUT2D eigenvalue weighted by atomic mass is 10.1. The number of anilines is 1. The van der Waals surface area contributed by atoms with Gasteiger partial charge in [0.25, 0.3) is 0 Å². The van der Waals surface area contributed by atoms with Crippen LogP contribution in [0.4, 0.5) is 5.69 Å². The van der Waals surface area contributed by atoms with Crippen molar-refractivity contribution in [3.63, 3.8) is 0 Å². The van der Waals surface area contributed by atoms with Crippen LogP contribution in [0.5, 0.6) is 0 Å². The number of carboxylic acid groups (broad SMARTS) is 1. The fraction of sp³-hybridized carbons (Fsp3) is 0.0909. The van der Waals surface area contributed by atoms with E-state index in [1.807, 2.05) is 12.1 Å². The Kier molecular flexibility index (Phi) is 2.49. The molecule has 4 nitrogen and oxygen atoms in total. The molecule has 0 unspecified atom stereocenters. The van der Waals surface area contributed by atoms with Gasteiger partial charge in [0.05, 0.1) is 17.6 Å². The van der Waals surface area contributed by atoms with Crippen molar-refractivity contribution in [1.82, 2.24) is 0 Å². The Morgan fingerprint density at radius 2 is 2.20 bits per heavy atom. The number of para-hydroxylation sites is 1. The maximum absolute atomic E-state index is 11.0. The van der Waals surface area contributed by atoms with Crippen LogP contribution in [0.15, 0.2) is 41.5 Å². The first-order valence-electron chi connectivity index (χ1n) is 4.56. The smallest absolute Gasteiger partial charge is 0.337 e. The van der Waals surface area contributed by atoms with Crippen LogP contribution >= 0.6 is 0 Å². The summed E-state index contributed by atoms with van der Waals surface area (Å²) in [5, 5.41) is 9.01. The van der Waals surface area contributed by atoms with Gasteiger partial charge in [-0.25, -0.2) is 9.79 Å². The van der Waals surface area contributed by atoms with Crippen LogP contribution in [-0.2, 0) is 0 Å². The normalized spacial score (nSPS) is 14.3. The summed E-state index contributed by atoms with van der Waals surface area (Å²) in [6, 6.07) is 6.89. The van der Waals surface area contributed by atoms with Crippen LogP contribution < -0.4 is 4.90 Å². The van der Waals surface area contributed by atoms with Gasteiger partial charge < -0.3 is 10.0 Å². The molecule has 0 amide bonds. The molecule has 0 aliphatic carbocycles. The zero-order valence-electron chi connectivity index (χ0n) is 8.00. The van der Waals surface area contributed by atoms with Crippen molar-refractivity contribution < 1.29 is 9.90 Å². The van der Waals surface area contributed by atoms with Gasteiger partial charge in [-0.2, -0.15) is 0 Å². The SMILES string of the molecule is O=C(O)c1ccccc1N1C=NC=CC1. The van der Waals surface area contributed by atoms with Crippen LogP contribution in [0.25, 0.3) is 0 Å². The second-order valence-corrected chi connectivity index (χ2v) is 3.12. The Morgan fingerprint density at radius 1 is 1.40 bits per heavy atom. The van der Waals surface area contributed by atoms with Crippen LogP contribution in [-0.4, -0.2) is 24.0 Å². The van der Waals surface area contributed by atoms with Crippen LogP contribution in [0.3, 0.4) is 0 Å². The van der Waals surface area contributed by atoms with Crippen LogP contribution in [0, 0.1) is 0 Å². The number of aliphatic imine (C=N–C) groups is 1. The molecule has 0 bridgehead atoms. The first kappa shape index (κ1) is 9.45. The largest absolute Gasteiger partial charge is 0.478 e. The lowest BCUT2D eigenvalue weighted by Gasteiger charge is -2.21. The van der Waals surface area contributed by atoms with Gasteiger partial charge in [0.15, 0.2) is 0 Å². The van der Waals surface area contributed by atoms with E-state index >= 15 is 0 Å². The molecule has 1 aromatic rings. The minimum atomic E-state index is -0.923. The molecule has 15 heavy (non-hydrogen) atoms. The van der Waals surface area contributed by atoms with E-state index in [0.717, 1.165) is 0 Å². The quantitative estimate of drug-likeness (QED) is 0.794. The monoisotopic (exact) mass is 202 g/mol. The predicted octanol–water partition coefficient (Wildman–Crippen LogP) is 1.75. The molecule has 1 aliphatic heterocycles. The summed E-state index contributed by atoms with van der Waals surface area (Å²) in [6.45, 7) is 0.647. The number of hydrogen-bond acceptors (Lipinski definition) is 3. The first-order chi connectivity index (χ1) is 7.29. The third kappa shape index (κ3) is 1.88. The zero-order valence-corrected chi connectivity index (χ0v) is 8.00. The van der Waals surface area contributed by atoms with Crippen LogP contribution in [0.1, 0.15) is 10.4 Å². The summed E-state index contributed by atoms with van der Waals surface area (Å²) in [5.74, 6) is -0.923. The first-order valence-corrected chi connectivity index (χ1v) is 4.56. The van der Waals surface area contributed by atoms with Crippen molar-refractivity contribution in [2.45, 2.75) is 0 Å². The second kappa shape index (κ2) is 3.96. The molecular weight excluding hydrogens is 192 g/mol. The van der Waals surface area contributed by atoms with Gasteiger partial charge in [-0.05, 0) is 18.2 Å². The number of rotatable bonds is 2. The number of nitrogens with zero attached hydrogens (tertiary/aromatic N) is 2. The molecule has 76 valence electrons. The molecule has 2 rings (SSSR count). The number of aromatic carboxylic acids is 1. The van der Waals surface area contributed by atoms with Gasteiger partial charge in [0.2, 0.25) is 0 Å². The highest BCUT2D eigenvalue weighted by atomic mass is 16.4. The number of hydrogen-bond donors (Lipinski definition) is 1. The van der Waals surface area contributed by atoms with Crippen LogP contribution in [0.2, 0.25) is 0 Å². The molecule has 0 aromatic heterocycles. The predicted molar refractivity (Wildman–Crippen MR) is 58.4 cm³/mol. The molecular formula is C11H10N2O2. The average molecular weight is 202 g/mol. The average Bonchev–Trinajstić information content (AvgIpc) is 2.30. The molecule has 0 radical (unpaired) electrons. The Labute approximate surface area is 87.2 Å². The van der Waals surface area contributed by atoms with Gasteiger partial charge in [-0.3, -0.25) is 0 Å². The van der Waals surface area contributed by atoms with Crippen molar-refractivity contribution in [3.05, 3.63) is 42.1 Å². The highest BCUT2D eigenvalue weighted by molar-refractivity contribution is 5.98. The third-order valence-corrected chi connectivity index (χ3v) is 2.14. The van der Waals surface area contributed by atoms with Gasteiger partial charge in [0.1, 0.15) is 0 Å². The molecule has 1 aliphatic rings. The Morgan fingerprint density at radius 3 is 2.87 bits per heavy atom. The fourth-order valence-electron chi connectivity index (χ4n) is 1.45. The maximum Gasteiger partial charge on any atom is 0.337 e. The van der Waals surface area contributed by atoms with E-state index in [-0.39, 0.29) is 0 Å². The molecule has 0 atom stereocenters. The number of carbonyl (C=O) groups is 1. The van der Waals surface area contributed by atoms with Gasteiger partial charge in [-0.15, -0.1) is 0 Å². The summed E-state index contributed by atoms with van der Waals surface area (Å²) < 4.78 is 0. The molecule has 4 heteroatoms. The van der Waals surface area contributed by atoms with E-state index in [4.69, 9.17) is 5.11 Å². The van der Waals surface area contributed by atoms with E-state index in [1.54, 1.807) is 35.6 Å². The molecule has 0 saturated heterocycles. The van der Waals surface area contributed by atoms with E-state index in [0.29, 0.717) is 17.8 Å². The second-order valence-electron chi connectivity index (χ2n) is 3.12. The topological polar surface area (TPSA) is 52.9 Å². The standard InChI is InChI=1S/C11H10N2O2/c14-11(15)9-4-1-2-5-10(9)13-7-3-6-12-8-13/h1-6,8H,7H2,(H,14,15). The van der Waals surface area contributed by atoms with Crippen molar-refractivity contribution in [3.8, 4) is 0 Å². The van der Waals surface area contributed by atoms with E-state index in [1.165, 1.54) is 0 Å². The summed E-state index contributed by atoms with van der Waals surface area (Å²) in [4.78, 5) is 16.7. The molecule has 0 spiro atoms. The van der Waals surface area contributed by atoms with E-state index in [9.17, 15) is 4.79 Å². The van der Waals surface area contributed by atoms with Crippen molar-refractivity contribution in [1.29, 1.82) is 0 Å². The number of carboxylic acids is 1. The maximum atomic E-state index is 11.0. The molecule has 0 fully saturated rings. The van der Waals surface area contributed by atoms with E-state index < -0.39 is 5.97 Å². The zero-order chi connectivity index (χ0) is 10.7. The minimum absolute atomic E-state index is 0.291. The molecule has 0 saturated carbocycles. The van der Waals surface area contributed by atoms with Crippen molar-refractivity contribution in [2.24, 2.45) is 4.99 Å².